The van der Waals surface area contributed by atoms with Crippen molar-refractivity contribution in [1.29, 1.82) is 0 Å². The molecule has 1 atom stereocenters. The maximum Gasteiger partial charge on any atom is 0.573 e. The molecule has 29 heavy (non-hydrogen) atoms. The lowest BCUT2D eigenvalue weighted by atomic mass is 9.96. The number of likely N-dealkylation sites (tertiary alicyclic amines) is 1. The highest BCUT2D eigenvalue weighted by molar-refractivity contribution is 5.79. The Morgan fingerprint density at radius 3 is 2.72 bits per heavy atom. The van der Waals surface area contributed by atoms with Crippen LogP contribution >= 0.6 is 0 Å². The first kappa shape index (κ1) is 21.1. The van der Waals surface area contributed by atoms with E-state index in [1.165, 1.54) is 30.3 Å². The van der Waals surface area contributed by atoms with Gasteiger partial charge in [0.25, 0.3) is 0 Å². The number of nitrogens with one attached hydrogen (secondary N) is 1. The Morgan fingerprint density at radius 1 is 1.17 bits per heavy atom. The van der Waals surface area contributed by atoms with Crippen LogP contribution in [0.4, 0.5) is 17.6 Å². The van der Waals surface area contributed by atoms with Crippen molar-refractivity contribution >= 4 is 5.91 Å². The summed E-state index contributed by atoms with van der Waals surface area (Å²) in [5.41, 5.74) is 1.09. The Kier molecular flexibility index (Phi) is 6.74. The molecule has 1 N–H and O–H groups in total. The maximum atomic E-state index is 13.4. The van der Waals surface area contributed by atoms with Gasteiger partial charge in [0.2, 0.25) is 5.91 Å². The molecule has 0 spiro atoms. The minimum absolute atomic E-state index is 0.0501. The number of carbonyl (C=O) groups excluding carboxylic acids is 1. The summed E-state index contributed by atoms with van der Waals surface area (Å²) in [5, 5.41) is 2.72. The van der Waals surface area contributed by atoms with E-state index in [1.807, 2.05) is 6.07 Å². The van der Waals surface area contributed by atoms with Gasteiger partial charge in [0.1, 0.15) is 11.6 Å². The second-order valence-corrected chi connectivity index (χ2v) is 7.08. The number of benzene rings is 2. The van der Waals surface area contributed by atoms with Gasteiger partial charge in [0.15, 0.2) is 0 Å². The highest BCUT2D eigenvalue weighted by Crippen LogP contribution is 2.26. The molecule has 1 unspecified atom stereocenters. The van der Waals surface area contributed by atoms with Crippen molar-refractivity contribution in [3.05, 3.63) is 65.5 Å². The molecule has 0 bridgehead atoms. The molecule has 0 radical (unpaired) electrons. The van der Waals surface area contributed by atoms with Crippen LogP contribution in [0.1, 0.15) is 24.0 Å². The third-order valence-electron chi connectivity index (χ3n) is 4.82. The molecule has 8 heteroatoms. The van der Waals surface area contributed by atoms with E-state index in [4.69, 9.17) is 0 Å². The van der Waals surface area contributed by atoms with E-state index < -0.39 is 6.36 Å². The number of hydrogen-bond acceptors (Lipinski definition) is 3. The third kappa shape index (κ3) is 6.45. The normalized spacial score (nSPS) is 17.7. The van der Waals surface area contributed by atoms with Crippen molar-refractivity contribution in [3.63, 3.8) is 0 Å². The highest BCUT2D eigenvalue weighted by Gasteiger charge is 2.32. The Bertz CT molecular complexity index is 841. The van der Waals surface area contributed by atoms with Crippen molar-refractivity contribution in [2.75, 3.05) is 13.1 Å². The van der Waals surface area contributed by atoms with E-state index in [1.54, 1.807) is 12.1 Å². The highest BCUT2D eigenvalue weighted by atomic mass is 19.4. The van der Waals surface area contributed by atoms with Crippen LogP contribution in [-0.2, 0) is 17.9 Å². The van der Waals surface area contributed by atoms with E-state index >= 15 is 0 Å². The quantitative estimate of drug-likeness (QED) is 0.724. The molecule has 0 aromatic heterocycles. The smallest absolute Gasteiger partial charge is 0.405 e. The number of amides is 1. The van der Waals surface area contributed by atoms with Crippen LogP contribution in [0.15, 0.2) is 48.5 Å². The first-order valence-electron chi connectivity index (χ1n) is 9.38. The zero-order chi connectivity index (χ0) is 20.9. The molecule has 1 amide bonds. The summed E-state index contributed by atoms with van der Waals surface area (Å²) in [6, 6.07) is 12.1. The molecule has 3 rings (SSSR count). The number of rotatable bonds is 6. The molecule has 0 saturated carbocycles. The van der Waals surface area contributed by atoms with Gasteiger partial charge in [-0.1, -0.05) is 30.3 Å². The molecule has 2 aromatic carbocycles. The summed E-state index contributed by atoms with van der Waals surface area (Å²) < 4.78 is 54.9. The monoisotopic (exact) mass is 410 g/mol. The Labute approximate surface area is 166 Å². The molecule has 2 aromatic rings. The fourth-order valence-corrected chi connectivity index (χ4v) is 3.51. The summed E-state index contributed by atoms with van der Waals surface area (Å²) in [6.07, 6.45) is -3.27. The topological polar surface area (TPSA) is 41.6 Å². The predicted molar refractivity (Wildman–Crippen MR) is 99.4 cm³/mol. The van der Waals surface area contributed by atoms with Gasteiger partial charge in [-0.15, -0.1) is 13.2 Å². The van der Waals surface area contributed by atoms with Gasteiger partial charge in [-0.3, -0.25) is 9.69 Å². The van der Waals surface area contributed by atoms with Gasteiger partial charge in [-0.25, -0.2) is 4.39 Å². The molecule has 1 heterocycles. The molecule has 0 aliphatic carbocycles. The Hall–Kier alpha value is -2.61. The van der Waals surface area contributed by atoms with Crippen LogP contribution in [0.3, 0.4) is 0 Å². The summed E-state index contributed by atoms with van der Waals surface area (Å²) in [7, 11) is 0. The van der Waals surface area contributed by atoms with E-state index in [0.29, 0.717) is 19.5 Å². The first-order chi connectivity index (χ1) is 13.8. The number of ether oxygens (including phenoxy) is 1. The largest absolute Gasteiger partial charge is 0.573 e. The van der Waals surface area contributed by atoms with Crippen LogP contribution in [0.2, 0.25) is 0 Å². The van der Waals surface area contributed by atoms with Gasteiger partial charge in [0.05, 0.1) is 5.92 Å². The fraction of sp³-hybridized carbons (Fsp3) is 0.381. The molecule has 1 aliphatic heterocycles. The second kappa shape index (κ2) is 9.26. The minimum Gasteiger partial charge on any atom is -0.405 e. The van der Waals surface area contributed by atoms with E-state index in [2.05, 4.69) is 15.0 Å². The maximum absolute atomic E-state index is 13.4. The first-order valence-corrected chi connectivity index (χ1v) is 9.38. The van der Waals surface area contributed by atoms with Gasteiger partial charge in [-0.05, 0) is 43.1 Å². The molecular formula is C21H22F4N2O2. The van der Waals surface area contributed by atoms with Gasteiger partial charge in [-0.2, -0.15) is 0 Å². The predicted octanol–water partition coefficient (Wildman–Crippen LogP) is 4.25. The zero-order valence-corrected chi connectivity index (χ0v) is 15.7. The molecule has 1 aliphatic rings. The van der Waals surface area contributed by atoms with Crippen LogP contribution < -0.4 is 10.1 Å². The third-order valence-corrected chi connectivity index (χ3v) is 4.82. The zero-order valence-electron chi connectivity index (χ0n) is 15.7. The van der Waals surface area contributed by atoms with Crippen molar-refractivity contribution in [3.8, 4) is 5.75 Å². The van der Waals surface area contributed by atoms with E-state index in [-0.39, 0.29) is 35.5 Å². The standard InChI is InChI=1S/C21H22F4N2O2/c22-18-8-3-5-15(11-18)13-27-10-4-7-17(14-27)20(28)26-12-16-6-1-2-9-19(16)29-21(23,24)25/h1-3,5-6,8-9,11,17H,4,7,10,12-14H2,(H,26,28). The fourth-order valence-electron chi connectivity index (χ4n) is 3.51. The van der Waals surface area contributed by atoms with Gasteiger partial charge >= 0.3 is 6.36 Å². The van der Waals surface area contributed by atoms with Crippen LogP contribution in [-0.4, -0.2) is 30.3 Å². The van der Waals surface area contributed by atoms with E-state index in [0.717, 1.165) is 18.5 Å². The van der Waals surface area contributed by atoms with E-state index in [9.17, 15) is 22.4 Å². The Balaban J connectivity index is 1.56. The summed E-state index contributed by atoms with van der Waals surface area (Å²) in [6.45, 7) is 1.82. The summed E-state index contributed by atoms with van der Waals surface area (Å²) in [5.74, 6) is -1.10. The minimum atomic E-state index is -4.79. The average Bonchev–Trinajstić information content (AvgIpc) is 2.66. The molecular weight excluding hydrogens is 388 g/mol. The molecule has 1 saturated heterocycles. The number of carbonyl (C=O) groups is 1. The number of alkyl halides is 3. The van der Waals surface area contributed by atoms with Gasteiger partial charge < -0.3 is 10.1 Å². The van der Waals surface area contributed by atoms with Crippen molar-refractivity contribution in [1.82, 2.24) is 10.2 Å². The summed E-state index contributed by atoms with van der Waals surface area (Å²) >= 11 is 0. The molecule has 1 fully saturated rings. The lowest BCUT2D eigenvalue weighted by Crippen LogP contribution is -2.42. The summed E-state index contributed by atoms with van der Waals surface area (Å²) in [4.78, 5) is 14.6. The lowest BCUT2D eigenvalue weighted by Gasteiger charge is -2.32. The SMILES string of the molecule is O=C(NCc1ccccc1OC(F)(F)F)C1CCCN(Cc2cccc(F)c2)C1. The van der Waals surface area contributed by atoms with Crippen LogP contribution in [0.25, 0.3) is 0 Å². The van der Waals surface area contributed by atoms with Crippen molar-refractivity contribution in [2.45, 2.75) is 32.3 Å². The van der Waals surface area contributed by atoms with Crippen molar-refractivity contribution < 1.29 is 27.1 Å². The number of piperidine rings is 1. The number of nitrogens with zero attached hydrogens (tertiary/aromatic N) is 1. The average molecular weight is 410 g/mol. The van der Waals surface area contributed by atoms with Gasteiger partial charge in [0, 0.05) is 25.2 Å². The molecule has 156 valence electrons. The number of para-hydroxylation sites is 1. The Morgan fingerprint density at radius 2 is 1.97 bits per heavy atom. The van der Waals surface area contributed by atoms with Crippen LogP contribution in [0, 0.1) is 11.7 Å². The molecule has 4 nitrogen and oxygen atoms in total. The second-order valence-electron chi connectivity index (χ2n) is 7.08. The number of halogens is 4. The van der Waals surface area contributed by atoms with Crippen molar-refractivity contribution in [2.24, 2.45) is 5.92 Å². The number of hydrogen-bond donors (Lipinski definition) is 1. The van der Waals surface area contributed by atoms with Crippen LogP contribution in [0.5, 0.6) is 5.75 Å². The lowest BCUT2D eigenvalue weighted by molar-refractivity contribution is -0.274.